The molecule has 6 nitrogen and oxygen atoms in total. The standard InChI is InChI=1S/C12H19N3O3S/c16-12-3-1-11(2-4-12)5-6-14-19(17,18)15-9-7-13-8-10-15/h1-4,13-14,16H,5-10H2. The van der Waals surface area contributed by atoms with Crippen LogP contribution in [0.2, 0.25) is 0 Å². The number of phenolic OH excluding ortho intramolecular Hbond substituents is 1. The van der Waals surface area contributed by atoms with Crippen LogP contribution in [0.3, 0.4) is 0 Å². The van der Waals surface area contributed by atoms with Crippen molar-refractivity contribution in [1.29, 1.82) is 0 Å². The van der Waals surface area contributed by atoms with Gasteiger partial charge in [0, 0.05) is 32.7 Å². The van der Waals surface area contributed by atoms with Gasteiger partial charge >= 0.3 is 0 Å². The number of rotatable bonds is 5. The highest BCUT2D eigenvalue weighted by Gasteiger charge is 2.22. The van der Waals surface area contributed by atoms with Crippen LogP contribution < -0.4 is 10.0 Å². The summed E-state index contributed by atoms with van der Waals surface area (Å²) in [6.07, 6.45) is 0.603. The van der Waals surface area contributed by atoms with Crippen molar-refractivity contribution >= 4 is 10.2 Å². The zero-order chi connectivity index (χ0) is 13.7. The first kappa shape index (κ1) is 14.3. The monoisotopic (exact) mass is 285 g/mol. The Kier molecular flexibility index (Phi) is 4.76. The molecule has 0 atom stereocenters. The topological polar surface area (TPSA) is 81.7 Å². The highest BCUT2D eigenvalue weighted by atomic mass is 32.2. The molecular formula is C12H19N3O3S. The van der Waals surface area contributed by atoms with Crippen LogP contribution in [0.15, 0.2) is 24.3 Å². The van der Waals surface area contributed by atoms with E-state index in [9.17, 15) is 8.42 Å². The lowest BCUT2D eigenvalue weighted by atomic mass is 10.1. The number of phenols is 1. The summed E-state index contributed by atoms with van der Waals surface area (Å²) in [7, 11) is -3.37. The number of piperazine rings is 1. The van der Waals surface area contributed by atoms with Crippen molar-refractivity contribution in [3.8, 4) is 5.75 Å². The quantitative estimate of drug-likeness (QED) is 0.692. The van der Waals surface area contributed by atoms with Crippen LogP contribution in [0.5, 0.6) is 5.75 Å². The van der Waals surface area contributed by atoms with Crippen molar-refractivity contribution in [3.05, 3.63) is 29.8 Å². The summed E-state index contributed by atoms with van der Waals surface area (Å²) >= 11 is 0. The lowest BCUT2D eigenvalue weighted by Crippen LogP contribution is -2.50. The Balaban J connectivity index is 1.82. The highest BCUT2D eigenvalue weighted by molar-refractivity contribution is 7.87. The molecule has 106 valence electrons. The average Bonchev–Trinajstić information content (AvgIpc) is 2.42. The SMILES string of the molecule is O=S(=O)(NCCc1ccc(O)cc1)N1CCNCC1. The zero-order valence-corrected chi connectivity index (χ0v) is 11.5. The van der Waals surface area contributed by atoms with Crippen molar-refractivity contribution in [2.45, 2.75) is 6.42 Å². The number of nitrogens with one attached hydrogen (secondary N) is 2. The molecule has 1 saturated heterocycles. The van der Waals surface area contributed by atoms with Crippen molar-refractivity contribution in [2.24, 2.45) is 0 Å². The molecule has 0 bridgehead atoms. The summed E-state index contributed by atoms with van der Waals surface area (Å²) in [5.74, 6) is 0.213. The molecule has 1 aromatic carbocycles. The summed E-state index contributed by atoms with van der Waals surface area (Å²) < 4.78 is 28.0. The Bertz CT molecular complexity index is 495. The van der Waals surface area contributed by atoms with E-state index in [4.69, 9.17) is 5.11 Å². The maximum Gasteiger partial charge on any atom is 0.279 e. The second-order valence-corrected chi connectivity index (χ2v) is 6.22. The van der Waals surface area contributed by atoms with E-state index in [0.29, 0.717) is 39.1 Å². The first-order chi connectivity index (χ1) is 9.08. The number of aromatic hydroxyl groups is 1. The van der Waals surface area contributed by atoms with Crippen LogP contribution in [-0.4, -0.2) is 50.6 Å². The molecule has 0 amide bonds. The number of nitrogens with zero attached hydrogens (tertiary/aromatic N) is 1. The molecule has 0 spiro atoms. The van der Waals surface area contributed by atoms with Crippen LogP contribution in [0.4, 0.5) is 0 Å². The summed E-state index contributed by atoms with van der Waals surface area (Å²) in [4.78, 5) is 0. The molecular weight excluding hydrogens is 266 g/mol. The number of benzene rings is 1. The average molecular weight is 285 g/mol. The van der Waals surface area contributed by atoms with Crippen molar-refractivity contribution in [2.75, 3.05) is 32.7 Å². The lowest BCUT2D eigenvalue weighted by molar-refractivity contribution is 0.355. The molecule has 3 N–H and O–H groups in total. The van der Waals surface area contributed by atoms with Gasteiger partial charge in [-0.1, -0.05) is 12.1 Å². The van der Waals surface area contributed by atoms with Gasteiger partial charge in [0.15, 0.2) is 0 Å². The van der Waals surface area contributed by atoms with Crippen LogP contribution in [0, 0.1) is 0 Å². The molecule has 0 radical (unpaired) electrons. The fraction of sp³-hybridized carbons (Fsp3) is 0.500. The van der Waals surface area contributed by atoms with E-state index in [1.54, 1.807) is 24.3 Å². The lowest BCUT2D eigenvalue weighted by Gasteiger charge is -2.26. The molecule has 7 heteroatoms. The fourth-order valence-corrected chi connectivity index (χ4v) is 3.17. The Morgan fingerprint density at radius 1 is 1.21 bits per heavy atom. The molecule has 1 heterocycles. The smallest absolute Gasteiger partial charge is 0.279 e. The molecule has 0 aromatic heterocycles. The maximum atomic E-state index is 12.0. The van der Waals surface area contributed by atoms with Gasteiger partial charge in [-0.2, -0.15) is 12.7 Å². The number of hydrogen-bond donors (Lipinski definition) is 3. The third-order valence-electron chi connectivity index (χ3n) is 3.05. The summed E-state index contributed by atoms with van der Waals surface area (Å²) in [5, 5.41) is 12.3. The molecule has 2 rings (SSSR count). The third kappa shape index (κ3) is 4.17. The molecule has 1 aromatic rings. The second kappa shape index (κ2) is 6.33. The number of hydrogen-bond acceptors (Lipinski definition) is 4. The predicted octanol–water partition coefficient (Wildman–Crippen LogP) is -0.326. The molecule has 0 saturated carbocycles. The molecule has 0 unspecified atom stereocenters. The van der Waals surface area contributed by atoms with Crippen LogP contribution in [-0.2, 0) is 16.6 Å². The van der Waals surface area contributed by atoms with E-state index in [0.717, 1.165) is 5.56 Å². The van der Waals surface area contributed by atoms with Gasteiger partial charge in [0.25, 0.3) is 10.2 Å². The second-order valence-electron chi connectivity index (χ2n) is 4.46. The van der Waals surface area contributed by atoms with Crippen molar-refractivity contribution in [1.82, 2.24) is 14.3 Å². The molecule has 1 fully saturated rings. The van der Waals surface area contributed by atoms with Gasteiger partial charge in [0.2, 0.25) is 0 Å². The predicted molar refractivity (Wildman–Crippen MR) is 73.2 cm³/mol. The van der Waals surface area contributed by atoms with Crippen LogP contribution >= 0.6 is 0 Å². The Morgan fingerprint density at radius 3 is 2.47 bits per heavy atom. The zero-order valence-electron chi connectivity index (χ0n) is 10.7. The molecule has 1 aliphatic rings. The molecule has 19 heavy (non-hydrogen) atoms. The fourth-order valence-electron chi connectivity index (χ4n) is 1.96. The van der Waals surface area contributed by atoms with E-state index in [1.165, 1.54) is 4.31 Å². The van der Waals surface area contributed by atoms with E-state index in [-0.39, 0.29) is 5.75 Å². The van der Waals surface area contributed by atoms with Gasteiger partial charge in [-0.05, 0) is 24.1 Å². The van der Waals surface area contributed by atoms with Gasteiger partial charge in [0.05, 0.1) is 0 Å². The van der Waals surface area contributed by atoms with Crippen LogP contribution in [0.25, 0.3) is 0 Å². The summed E-state index contributed by atoms with van der Waals surface area (Å²) in [6, 6.07) is 6.77. The summed E-state index contributed by atoms with van der Waals surface area (Å²) in [5.41, 5.74) is 0.987. The third-order valence-corrected chi connectivity index (χ3v) is 4.66. The minimum absolute atomic E-state index is 0.213. The Morgan fingerprint density at radius 2 is 1.84 bits per heavy atom. The Labute approximate surface area is 113 Å². The normalized spacial score (nSPS) is 17.5. The van der Waals surface area contributed by atoms with Crippen molar-refractivity contribution < 1.29 is 13.5 Å². The Hall–Kier alpha value is -1.15. The van der Waals surface area contributed by atoms with E-state index < -0.39 is 10.2 Å². The minimum atomic E-state index is -3.37. The minimum Gasteiger partial charge on any atom is -0.508 e. The van der Waals surface area contributed by atoms with Gasteiger partial charge in [-0.3, -0.25) is 0 Å². The van der Waals surface area contributed by atoms with Crippen LogP contribution in [0.1, 0.15) is 5.56 Å². The maximum absolute atomic E-state index is 12.0. The molecule has 0 aliphatic carbocycles. The highest BCUT2D eigenvalue weighted by Crippen LogP contribution is 2.09. The van der Waals surface area contributed by atoms with Gasteiger partial charge in [-0.25, -0.2) is 4.72 Å². The van der Waals surface area contributed by atoms with Gasteiger partial charge < -0.3 is 10.4 Å². The van der Waals surface area contributed by atoms with Crippen molar-refractivity contribution in [3.63, 3.8) is 0 Å². The van der Waals surface area contributed by atoms with Gasteiger partial charge in [0.1, 0.15) is 5.75 Å². The largest absolute Gasteiger partial charge is 0.508 e. The van der Waals surface area contributed by atoms with Gasteiger partial charge in [-0.15, -0.1) is 0 Å². The van der Waals surface area contributed by atoms with E-state index >= 15 is 0 Å². The first-order valence-corrected chi connectivity index (χ1v) is 7.75. The summed E-state index contributed by atoms with van der Waals surface area (Å²) in [6.45, 7) is 2.76. The van der Waals surface area contributed by atoms with E-state index in [2.05, 4.69) is 10.0 Å². The van der Waals surface area contributed by atoms with E-state index in [1.807, 2.05) is 0 Å². The molecule has 1 aliphatic heterocycles. The first-order valence-electron chi connectivity index (χ1n) is 6.31.